The van der Waals surface area contributed by atoms with Gasteiger partial charge in [-0.05, 0) is 68.1 Å². The third-order valence-corrected chi connectivity index (χ3v) is 8.23. The van der Waals surface area contributed by atoms with Crippen LogP contribution in [0.15, 0.2) is 109 Å². The Balaban J connectivity index is 1.39. The Morgan fingerprint density at radius 2 is 1.47 bits per heavy atom. The van der Waals surface area contributed by atoms with E-state index in [9.17, 15) is 19.5 Å². The number of aliphatic hydroxyl groups excluding tert-OH is 1. The first kappa shape index (κ1) is 38.5. The molecule has 2 amide bonds. The number of para-hydroxylation sites is 2. The molecule has 4 unspecified atom stereocenters. The number of imidazole rings is 1. The number of hydroxylamine groups is 1. The summed E-state index contributed by atoms with van der Waals surface area (Å²) in [4.78, 5) is 54.1. The number of hydrogen-bond donors (Lipinski definition) is 6. The number of fused-ring (bicyclic) bond motifs is 1. The molecule has 53 heavy (non-hydrogen) atoms. The number of nitrogens with zero attached hydrogens (tertiary/aromatic N) is 1. The second-order valence-corrected chi connectivity index (χ2v) is 13.4. The molecule has 13 heteroatoms. The highest BCUT2D eigenvalue weighted by atomic mass is 16.7. The molecular weight excluding hydrogens is 676 g/mol. The van der Waals surface area contributed by atoms with Crippen LogP contribution in [0, 0.1) is 0 Å². The van der Waals surface area contributed by atoms with Gasteiger partial charge in [0.05, 0.1) is 36.8 Å². The highest BCUT2D eigenvalue weighted by Crippen LogP contribution is 2.18. The highest BCUT2D eigenvalue weighted by molar-refractivity contribution is 5.89. The van der Waals surface area contributed by atoms with E-state index in [2.05, 4.69) is 31.4 Å². The Morgan fingerprint density at radius 3 is 2.13 bits per heavy atom. The van der Waals surface area contributed by atoms with Gasteiger partial charge in [-0.25, -0.2) is 14.6 Å². The van der Waals surface area contributed by atoms with Crippen molar-refractivity contribution in [1.29, 1.82) is 0 Å². The molecule has 13 nitrogen and oxygen atoms in total. The van der Waals surface area contributed by atoms with Crippen molar-refractivity contribution in [3.05, 3.63) is 132 Å². The summed E-state index contributed by atoms with van der Waals surface area (Å²) in [6.45, 7) is 5.43. The number of aliphatic hydroxyl groups is 1. The van der Waals surface area contributed by atoms with Crippen LogP contribution >= 0.6 is 0 Å². The fourth-order valence-corrected chi connectivity index (χ4v) is 5.64. The number of methoxy groups -OCH3 is 1. The number of amides is 2. The molecule has 0 aliphatic rings. The van der Waals surface area contributed by atoms with Crippen LogP contribution in [0.5, 0.6) is 5.75 Å². The second kappa shape index (κ2) is 18.1. The van der Waals surface area contributed by atoms with Gasteiger partial charge in [0, 0.05) is 6.54 Å². The number of aromatic nitrogens is 2. The Morgan fingerprint density at radius 1 is 0.811 bits per heavy atom. The molecule has 0 aliphatic heterocycles. The summed E-state index contributed by atoms with van der Waals surface area (Å²) in [6, 6.07) is 29.0. The zero-order valence-electron chi connectivity index (χ0n) is 30.2. The molecular formula is C40H46N6O7. The van der Waals surface area contributed by atoms with Crippen LogP contribution < -0.4 is 26.2 Å². The first-order chi connectivity index (χ1) is 25.5. The van der Waals surface area contributed by atoms with E-state index in [0.29, 0.717) is 17.1 Å². The van der Waals surface area contributed by atoms with Crippen molar-refractivity contribution in [2.75, 3.05) is 7.11 Å². The van der Waals surface area contributed by atoms with E-state index < -0.39 is 47.8 Å². The molecule has 0 saturated carbocycles. The number of H-pyrrole nitrogens is 1. The lowest BCUT2D eigenvalue weighted by atomic mass is 9.95. The number of ether oxygens (including phenoxy) is 2. The number of hydrogen-bond acceptors (Lipinski definition) is 10. The van der Waals surface area contributed by atoms with Crippen molar-refractivity contribution in [3.63, 3.8) is 0 Å². The van der Waals surface area contributed by atoms with E-state index in [1.165, 1.54) is 0 Å². The molecule has 0 bridgehead atoms. The van der Waals surface area contributed by atoms with Crippen LogP contribution in [0.4, 0.5) is 4.79 Å². The highest BCUT2D eigenvalue weighted by Gasteiger charge is 2.37. The van der Waals surface area contributed by atoms with Crippen molar-refractivity contribution in [2.24, 2.45) is 0 Å². The van der Waals surface area contributed by atoms with Crippen molar-refractivity contribution in [1.82, 2.24) is 31.4 Å². The van der Waals surface area contributed by atoms with E-state index >= 15 is 0 Å². The maximum absolute atomic E-state index is 14.3. The zero-order valence-corrected chi connectivity index (χ0v) is 30.2. The van der Waals surface area contributed by atoms with Gasteiger partial charge in [0.25, 0.3) is 0 Å². The minimum atomic E-state index is -1.50. The molecule has 6 N–H and O–H groups in total. The molecule has 4 atom stereocenters. The first-order valence-electron chi connectivity index (χ1n) is 17.3. The number of carbonyl (C=O) groups is 3. The number of nitrogens with one attached hydrogen (secondary N) is 5. The van der Waals surface area contributed by atoms with Gasteiger partial charge < -0.3 is 35.0 Å². The number of aromatic amines is 1. The minimum absolute atomic E-state index is 0.0815. The average Bonchev–Trinajstić information content (AvgIpc) is 3.56. The van der Waals surface area contributed by atoms with E-state index in [-0.39, 0.29) is 19.5 Å². The van der Waals surface area contributed by atoms with Crippen molar-refractivity contribution in [2.45, 2.75) is 70.1 Å². The SMILES string of the molecule is COc1ccc(CNC(C(=O)NC(C(=O)ONCc2nc3ccccc3[nH]2)c2ccccc2)C(O)C(Cc2ccccc2)NC(=O)OC(C)(C)C)cc1. The van der Waals surface area contributed by atoms with Gasteiger partial charge in [-0.3, -0.25) is 10.1 Å². The summed E-state index contributed by atoms with van der Waals surface area (Å²) >= 11 is 0. The Labute approximate surface area is 308 Å². The van der Waals surface area contributed by atoms with Gasteiger partial charge in [0.1, 0.15) is 23.2 Å². The molecule has 0 aliphatic carbocycles. The number of rotatable bonds is 16. The standard InChI is InChI=1S/C40H46N6O7/c1-40(2,3)52-39(50)45-32(23-26-13-7-5-8-14-26)36(47)35(41-24-27-19-21-29(51-4)22-20-27)37(48)46-34(28-15-9-6-10-16-28)38(49)53-42-25-33-43-30-17-11-12-18-31(30)44-33/h5-22,32,34-36,41-42,47H,23-25H2,1-4H3,(H,43,44)(H,45,50)(H,46,48). The average molecular weight is 723 g/mol. The van der Waals surface area contributed by atoms with Crippen molar-refractivity contribution in [3.8, 4) is 5.75 Å². The van der Waals surface area contributed by atoms with Crippen molar-refractivity contribution < 1.29 is 33.8 Å². The second-order valence-electron chi connectivity index (χ2n) is 13.4. The smallest absolute Gasteiger partial charge is 0.407 e. The fourth-order valence-electron chi connectivity index (χ4n) is 5.64. The molecule has 1 heterocycles. The van der Waals surface area contributed by atoms with Gasteiger partial charge in [-0.2, -0.15) is 0 Å². The quantitative estimate of drug-likeness (QED) is 0.0788. The molecule has 0 spiro atoms. The van der Waals surface area contributed by atoms with Crippen LogP contribution in [-0.2, 0) is 38.7 Å². The molecule has 1 aromatic heterocycles. The van der Waals surface area contributed by atoms with Gasteiger partial charge in [0.15, 0.2) is 6.04 Å². The Kier molecular flexibility index (Phi) is 13.2. The van der Waals surface area contributed by atoms with E-state index in [0.717, 1.165) is 22.2 Å². The fraction of sp³-hybridized carbons (Fsp3) is 0.300. The lowest BCUT2D eigenvalue weighted by Gasteiger charge is -2.32. The third kappa shape index (κ3) is 11.4. The monoisotopic (exact) mass is 722 g/mol. The summed E-state index contributed by atoms with van der Waals surface area (Å²) in [5.74, 6) is -0.298. The molecule has 0 fully saturated rings. The molecule has 0 radical (unpaired) electrons. The number of carbonyl (C=O) groups excluding carboxylic acids is 3. The van der Waals surface area contributed by atoms with Gasteiger partial charge in [0.2, 0.25) is 5.91 Å². The van der Waals surface area contributed by atoms with Crippen LogP contribution in [0.3, 0.4) is 0 Å². The Hall–Kier alpha value is -5.76. The van der Waals surface area contributed by atoms with Gasteiger partial charge in [-0.15, -0.1) is 5.48 Å². The predicted molar refractivity (Wildman–Crippen MR) is 199 cm³/mol. The van der Waals surface area contributed by atoms with Gasteiger partial charge in [-0.1, -0.05) is 84.9 Å². The summed E-state index contributed by atoms with van der Waals surface area (Å²) in [5.41, 5.74) is 5.50. The summed E-state index contributed by atoms with van der Waals surface area (Å²) in [6.07, 6.45) is -2.09. The number of benzene rings is 4. The molecule has 278 valence electrons. The lowest BCUT2D eigenvalue weighted by Crippen LogP contribution is -2.60. The van der Waals surface area contributed by atoms with Crippen LogP contribution in [0.1, 0.15) is 49.3 Å². The zero-order chi connectivity index (χ0) is 37.8. The summed E-state index contributed by atoms with van der Waals surface area (Å²) < 4.78 is 10.8. The van der Waals surface area contributed by atoms with Crippen LogP contribution in [-0.4, -0.2) is 63.9 Å². The Bertz CT molecular complexity index is 1900. The van der Waals surface area contributed by atoms with Gasteiger partial charge >= 0.3 is 12.1 Å². The molecule has 0 saturated heterocycles. The maximum Gasteiger partial charge on any atom is 0.407 e. The summed E-state index contributed by atoms with van der Waals surface area (Å²) in [5, 5.41) is 20.7. The minimum Gasteiger partial charge on any atom is -0.497 e. The third-order valence-electron chi connectivity index (χ3n) is 8.23. The normalized spacial score (nSPS) is 13.7. The summed E-state index contributed by atoms with van der Waals surface area (Å²) in [7, 11) is 1.57. The first-order valence-corrected chi connectivity index (χ1v) is 17.3. The van der Waals surface area contributed by atoms with E-state index in [1.807, 2.05) is 66.7 Å². The molecule has 4 aromatic carbocycles. The molecule has 5 aromatic rings. The van der Waals surface area contributed by atoms with E-state index in [1.54, 1.807) is 70.3 Å². The largest absolute Gasteiger partial charge is 0.497 e. The van der Waals surface area contributed by atoms with E-state index in [4.69, 9.17) is 14.3 Å². The predicted octanol–water partition coefficient (Wildman–Crippen LogP) is 4.63. The van der Waals surface area contributed by atoms with Crippen LogP contribution in [0.25, 0.3) is 11.0 Å². The maximum atomic E-state index is 14.3. The topological polar surface area (TPSA) is 176 Å². The lowest BCUT2D eigenvalue weighted by molar-refractivity contribution is -0.156. The van der Waals surface area contributed by atoms with Crippen LogP contribution in [0.2, 0.25) is 0 Å². The van der Waals surface area contributed by atoms with Crippen molar-refractivity contribution >= 4 is 29.0 Å². The molecule has 5 rings (SSSR count). The number of alkyl carbamates (subject to hydrolysis) is 1.